The molecule has 2 nitrogen and oxygen atoms in total. The number of halogens is 1. The van der Waals surface area contributed by atoms with Crippen molar-refractivity contribution in [1.29, 1.82) is 0 Å². The van der Waals surface area contributed by atoms with Crippen LogP contribution in [0.4, 0.5) is 0 Å². The summed E-state index contributed by atoms with van der Waals surface area (Å²) in [6.45, 7) is 0. The topological polar surface area (TPSA) is 37.3 Å². The van der Waals surface area contributed by atoms with Crippen molar-refractivity contribution in [2.75, 3.05) is 5.88 Å². The molecule has 0 aromatic rings. The predicted molar refractivity (Wildman–Crippen MR) is 52.8 cm³/mol. The van der Waals surface area contributed by atoms with E-state index in [1.54, 1.807) is 6.08 Å². The van der Waals surface area contributed by atoms with Gasteiger partial charge in [-0.3, -0.25) is 0 Å². The van der Waals surface area contributed by atoms with E-state index in [-0.39, 0.29) is 5.41 Å². The molecule has 70 valence electrons. The second-order valence-corrected chi connectivity index (χ2v) is 3.30. The van der Waals surface area contributed by atoms with Gasteiger partial charge in [0.25, 0.3) is 0 Å². The summed E-state index contributed by atoms with van der Waals surface area (Å²) in [5, 5.41) is 8.48. The average Bonchev–Trinajstić information content (AvgIpc) is 2.16. The molecule has 1 unspecified atom stereocenters. The third kappa shape index (κ3) is 2.74. The lowest BCUT2D eigenvalue weighted by Gasteiger charge is -2.24. The minimum absolute atomic E-state index is 0.311. The zero-order chi connectivity index (χ0) is 9.73. The summed E-state index contributed by atoms with van der Waals surface area (Å²) in [5.41, 5.74) is -0.311. The van der Waals surface area contributed by atoms with Gasteiger partial charge < -0.3 is 5.11 Å². The summed E-state index contributed by atoms with van der Waals surface area (Å²) < 4.78 is 0. The van der Waals surface area contributed by atoms with Crippen molar-refractivity contribution in [3.8, 4) is 0 Å². The molecule has 1 aliphatic rings. The Morgan fingerprint density at radius 3 is 2.85 bits per heavy atom. The van der Waals surface area contributed by atoms with Gasteiger partial charge in [-0.15, -0.1) is 11.6 Å². The van der Waals surface area contributed by atoms with Crippen molar-refractivity contribution in [1.82, 2.24) is 0 Å². The van der Waals surface area contributed by atoms with Gasteiger partial charge in [0.05, 0.1) is 0 Å². The highest BCUT2D eigenvalue weighted by Crippen LogP contribution is 2.30. The third-order valence-corrected chi connectivity index (χ3v) is 2.48. The summed E-state index contributed by atoms with van der Waals surface area (Å²) >= 11 is 5.79. The highest BCUT2D eigenvalue weighted by Gasteiger charge is 2.22. The molecule has 1 N–H and O–H groups in total. The van der Waals surface area contributed by atoms with Crippen molar-refractivity contribution < 1.29 is 9.90 Å². The first-order valence-electron chi connectivity index (χ1n) is 4.01. The van der Waals surface area contributed by atoms with Gasteiger partial charge >= 0.3 is 5.97 Å². The second-order valence-electron chi connectivity index (χ2n) is 3.03. The number of carboxylic acids is 1. The van der Waals surface area contributed by atoms with Crippen molar-refractivity contribution in [3.63, 3.8) is 0 Å². The van der Waals surface area contributed by atoms with Crippen LogP contribution in [0, 0.1) is 5.41 Å². The molecule has 1 rings (SSSR count). The number of aliphatic carboxylic acids is 1. The second kappa shape index (κ2) is 4.28. The summed E-state index contributed by atoms with van der Waals surface area (Å²) in [5.74, 6) is -0.537. The fourth-order valence-electron chi connectivity index (χ4n) is 1.19. The van der Waals surface area contributed by atoms with Gasteiger partial charge in [-0.25, -0.2) is 4.79 Å². The zero-order valence-corrected chi connectivity index (χ0v) is 7.87. The Balaban J connectivity index is 2.76. The predicted octanol–water partition coefficient (Wildman–Crippen LogP) is 2.37. The first kappa shape index (κ1) is 10.1. The Hall–Kier alpha value is -1.02. The maximum atomic E-state index is 10.3. The van der Waals surface area contributed by atoms with E-state index >= 15 is 0 Å². The van der Waals surface area contributed by atoms with Gasteiger partial charge in [0, 0.05) is 17.4 Å². The van der Waals surface area contributed by atoms with Crippen LogP contribution in [0.15, 0.2) is 36.5 Å². The first-order chi connectivity index (χ1) is 6.18. The Morgan fingerprint density at radius 2 is 2.38 bits per heavy atom. The number of carbonyl (C=O) groups is 1. The van der Waals surface area contributed by atoms with Crippen molar-refractivity contribution in [2.24, 2.45) is 5.41 Å². The first-order valence-corrected chi connectivity index (χ1v) is 4.54. The minimum atomic E-state index is -0.938. The highest BCUT2D eigenvalue weighted by atomic mass is 35.5. The molecule has 0 amide bonds. The van der Waals surface area contributed by atoms with E-state index in [4.69, 9.17) is 16.7 Å². The smallest absolute Gasteiger partial charge is 0.328 e. The molecule has 13 heavy (non-hydrogen) atoms. The van der Waals surface area contributed by atoms with Gasteiger partial charge in [0.1, 0.15) is 0 Å². The summed E-state index contributed by atoms with van der Waals surface area (Å²) in [6.07, 6.45) is 11.3. The van der Waals surface area contributed by atoms with Gasteiger partial charge in [-0.05, 0) is 6.42 Å². The highest BCUT2D eigenvalue weighted by molar-refractivity contribution is 6.18. The van der Waals surface area contributed by atoms with Gasteiger partial charge in [0.15, 0.2) is 0 Å². The third-order valence-electron chi connectivity index (χ3n) is 1.98. The number of rotatable bonds is 3. The Labute approximate surface area is 82.2 Å². The van der Waals surface area contributed by atoms with E-state index in [1.165, 1.54) is 0 Å². The maximum Gasteiger partial charge on any atom is 0.328 e. The fraction of sp³-hybridized carbons (Fsp3) is 0.300. The maximum absolute atomic E-state index is 10.3. The van der Waals surface area contributed by atoms with Crippen LogP contribution in [0.1, 0.15) is 6.42 Å². The molecule has 0 saturated carbocycles. The lowest BCUT2D eigenvalue weighted by atomic mass is 9.83. The van der Waals surface area contributed by atoms with E-state index in [1.807, 2.05) is 24.3 Å². The van der Waals surface area contributed by atoms with Crippen LogP contribution >= 0.6 is 11.6 Å². The van der Waals surface area contributed by atoms with Crippen LogP contribution in [0.5, 0.6) is 0 Å². The summed E-state index contributed by atoms with van der Waals surface area (Å²) in [4.78, 5) is 10.3. The number of alkyl halides is 1. The fourth-order valence-corrected chi connectivity index (χ4v) is 1.47. The van der Waals surface area contributed by atoms with Crippen LogP contribution < -0.4 is 0 Å². The van der Waals surface area contributed by atoms with Gasteiger partial charge in [0.2, 0.25) is 0 Å². The molecule has 0 aromatic carbocycles. The molecule has 1 aliphatic carbocycles. The van der Waals surface area contributed by atoms with E-state index in [0.29, 0.717) is 5.88 Å². The lowest BCUT2D eigenvalue weighted by Crippen LogP contribution is -2.18. The SMILES string of the molecule is O=C(O)/C=C/C1(CCl)C=CC=CC1. The van der Waals surface area contributed by atoms with Gasteiger partial charge in [-0.2, -0.15) is 0 Å². The van der Waals surface area contributed by atoms with Crippen LogP contribution in [-0.2, 0) is 4.79 Å². The summed E-state index contributed by atoms with van der Waals surface area (Å²) in [6, 6.07) is 0. The normalized spacial score (nSPS) is 26.8. The standard InChI is InChI=1S/C10H11ClO2/c11-8-10(7-4-9(12)13)5-2-1-3-6-10/h1-5,7H,6,8H2,(H,12,13)/b7-4+. The molecule has 0 saturated heterocycles. The molecular formula is C10H11ClO2. The molecule has 0 spiro atoms. The molecule has 0 radical (unpaired) electrons. The van der Waals surface area contributed by atoms with Gasteiger partial charge in [-0.1, -0.05) is 30.4 Å². The number of allylic oxidation sites excluding steroid dienone is 5. The van der Waals surface area contributed by atoms with E-state index in [0.717, 1.165) is 12.5 Å². The number of hydrogen-bond acceptors (Lipinski definition) is 1. The van der Waals surface area contributed by atoms with Crippen LogP contribution in [0.25, 0.3) is 0 Å². The zero-order valence-electron chi connectivity index (χ0n) is 7.11. The van der Waals surface area contributed by atoms with Crippen molar-refractivity contribution >= 4 is 17.6 Å². The van der Waals surface area contributed by atoms with E-state index in [2.05, 4.69) is 0 Å². The Kier molecular flexibility index (Phi) is 3.32. The van der Waals surface area contributed by atoms with Crippen LogP contribution in [-0.4, -0.2) is 17.0 Å². The summed E-state index contributed by atoms with van der Waals surface area (Å²) in [7, 11) is 0. The van der Waals surface area contributed by atoms with E-state index < -0.39 is 5.97 Å². The monoisotopic (exact) mass is 198 g/mol. The Morgan fingerprint density at radius 1 is 1.62 bits per heavy atom. The Bertz CT molecular complexity index is 279. The molecular weight excluding hydrogens is 188 g/mol. The molecule has 0 fully saturated rings. The molecule has 3 heteroatoms. The molecule has 0 bridgehead atoms. The molecule has 0 heterocycles. The van der Waals surface area contributed by atoms with Crippen molar-refractivity contribution in [3.05, 3.63) is 36.5 Å². The molecule has 0 aliphatic heterocycles. The largest absolute Gasteiger partial charge is 0.478 e. The molecule has 0 aromatic heterocycles. The molecule has 1 atom stereocenters. The average molecular weight is 199 g/mol. The van der Waals surface area contributed by atoms with E-state index in [9.17, 15) is 4.79 Å². The number of carboxylic acid groups (broad SMARTS) is 1. The lowest BCUT2D eigenvalue weighted by molar-refractivity contribution is -0.131. The number of hydrogen-bond donors (Lipinski definition) is 1. The quantitative estimate of drug-likeness (QED) is 0.559. The van der Waals surface area contributed by atoms with Crippen LogP contribution in [0.2, 0.25) is 0 Å². The van der Waals surface area contributed by atoms with Crippen LogP contribution in [0.3, 0.4) is 0 Å². The minimum Gasteiger partial charge on any atom is -0.478 e. The van der Waals surface area contributed by atoms with Crippen molar-refractivity contribution in [2.45, 2.75) is 6.42 Å².